The predicted octanol–water partition coefficient (Wildman–Crippen LogP) is 7.35. The van der Waals surface area contributed by atoms with Gasteiger partial charge < -0.3 is 4.74 Å². The second kappa shape index (κ2) is 12.7. The highest BCUT2D eigenvalue weighted by Crippen LogP contribution is 2.54. The van der Waals surface area contributed by atoms with E-state index >= 15 is 4.79 Å². The molecule has 7 heteroatoms. The topological polar surface area (TPSA) is 75.7 Å². The molecule has 1 heterocycles. The molecular weight excluding hydrogens is 580 g/mol. The number of amides is 1. The van der Waals surface area contributed by atoms with E-state index in [1.165, 1.54) is 0 Å². The van der Waals surface area contributed by atoms with Crippen LogP contribution < -0.4 is 9.62 Å². The Morgan fingerprint density at radius 1 is 0.844 bits per heavy atom. The predicted molar refractivity (Wildman–Crippen MR) is 181 cm³/mol. The summed E-state index contributed by atoms with van der Waals surface area (Å²) in [5.41, 5.74) is 2.07. The van der Waals surface area contributed by atoms with E-state index in [1.54, 1.807) is 6.92 Å². The summed E-state index contributed by atoms with van der Waals surface area (Å²) in [6.45, 7) is 11.6. The van der Waals surface area contributed by atoms with Crippen LogP contribution in [-0.4, -0.2) is 27.4 Å². The van der Waals surface area contributed by atoms with Gasteiger partial charge in [0.15, 0.2) is 0 Å². The summed E-state index contributed by atoms with van der Waals surface area (Å²) in [5.74, 6) is -0.771. The third kappa shape index (κ3) is 5.75. The van der Waals surface area contributed by atoms with E-state index in [2.05, 4.69) is 18.6 Å². The third-order valence-electron chi connectivity index (χ3n) is 8.40. The van der Waals surface area contributed by atoms with Crippen LogP contribution in [0.4, 0.5) is 5.69 Å². The normalized spacial score (nSPS) is 17.3. The lowest BCUT2D eigenvalue weighted by molar-refractivity contribution is -0.147. The van der Waals surface area contributed by atoms with Crippen LogP contribution in [0.5, 0.6) is 0 Å². The number of esters is 1. The Labute approximate surface area is 269 Å². The molecule has 1 unspecified atom stereocenters. The number of rotatable bonds is 10. The molecule has 0 aromatic heterocycles. The van der Waals surface area contributed by atoms with Crippen LogP contribution in [0.1, 0.15) is 81.7 Å². The number of anilines is 1. The van der Waals surface area contributed by atoms with E-state index in [1.807, 2.05) is 135 Å². The average molecular weight is 623 g/mol. The fourth-order valence-electron chi connectivity index (χ4n) is 6.17. The molecule has 4 aromatic carbocycles. The Balaban J connectivity index is 1.92. The van der Waals surface area contributed by atoms with Crippen molar-refractivity contribution in [2.24, 2.45) is 0 Å². The molecule has 0 spiro atoms. The first-order chi connectivity index (χ1) is 21.5. The Morgan fingerprint density at radius 2 is 1.33 bits per heavy atom. The minimum Gasteiger partial charge on any atom is -0.466 e. The summed E-state index contributed by atoms with van der Waals surface area (Å²) < 4.78 is 22.0. The first kappa shape index (κ1) is 32.3. The highest BCUT2D eigenvalue weighted by Gasteiger charge is 2.60. The summed E-state index contributed by atoms with van der Waals surface area (Å²) in [6, 6.07) is 35.9. The van der Waals surface area contributed by atoms with Gasteiger partial charge in [-0.3, -0.25) is 14.5 Å². The zero-order valence-corrected chi connectivity index (χ0v) is 27.7. The number of benzene rings is 4. The fraction of sp³-hybridized carbons (Fsp3) is 0.316. The molecule has 0 fully saturated rings. The summed E-state index contributed by atoms with van der Waals surface area (Å²) in [6.07, 6.45) is -0.318. The highest BCUT2D eigenvalue weighted by molar-refractivity contribution is 7.84. The molecule has 1 amide bonds. The summed E-state index contributed by atoms with van der Waals surface area (Å²) in [4.78, 5) is 30.9. The summed E-state index contributed by atoms with van der Waals surface area (Å²) in [5, 5.41) is 0. The van der Waals surface area contributed by atoms with Gasteiger partial charge in [0.25, 0.3) is 5.91 Å². The second-order valence-electron chi connectivity index (χ2n) is 12.8. The molecule has 4 aromatic rings. The van der Waals surface area contributed by atoms with Crippen LogP contribution in [0.25, 0.3) is 0 Å². The maximum atomic E-state index is 15.7. The molecule has 0 saturated carbocycles. The molecule has 0 aliphatic carbocycles. The van der Waals surface area contributed by atoms with Gasteiger partial charge in [0.1, 0.15) is 11.1 Å². The van der Waals surface area contributed by atoms with Gasteiger partial charge in [-0.2, -0.15) is 0 Å². The lowest BCUT2D eigenvalue weighted by Gasteiger charge is -2.45. The first-order valence-electron chi connectivity index (χ1n) is 15.5. The van der Waals surface area contributed by atoms with E-state index in [4.69, 9.17) is 4.74 Å². The van der Waals surface area contributed by atoms with Gasteiger partial charge in [0.05, 0.1) is 34.4 Å². The number of nitrogens with one attached hydrogen (secondary N) is 1. The van der Waals surface area contributed by atoms with Gasteiger partial charge >= 0.3 is 5.97 Å². The number of fused-ring (bicyclic) bond motifs is 1. The van der Waals surface area contributed by atoms with Crippen molar-refractivity contribution in [3.8, 4) is 0 Å². The van der Waals surface area contributed by atoms with Crippen molar-refractivity contribution in [1.82, 2.24) is 4.72 Å². The zero-order valence-electron chi connectivity index (χ0n) is 26.9. The number of nitrogens with zero attached hydrogens (tertiary/aromatic N) is 1. The summed E-state index contributed by atoms with van der Waals surface area (Å²) in [7, 11) is -1.71. The standard InChI is InChI=1S/C38H42N2O4S/c1-7-44-34(41)26-37(39-45(43)36(4,5)6)32-25-28(27(2)3)23-24-33(32)40(35(37)42)38(29-17-11-8-12-18-29,30-19-13-9-14-20-30)31-21-15-10-16-22-31/h8-25,27,39H,7,26H2,1-6H3/t37-,45?/m0/s1. The molecule has 0 radical (unpaired) electrons. The molecule has 1 N–H and O–H groups in total. The Morgan fingerprint density at radius 3 is 1.76 bits per heavy atom. The van der Waals surface area contributed by atoms with E-state index in [0.29, 0.717) is 11.3 Å². The number of hydrogen-bond acceptors (Lipinski definition) is 4. The molecule has 234 valence electrons. The third-order valence-corrected chi connectivity index (χ3v) is 10.1. The SMILES string of the molecule is CCOC(=O)C[C@@]1(NS(=O)C(C)(C)C)C(=O)N(C(c2ccccc2)(c2ccccc2)c2ccccc2)c2ccc(C(C)C)cc21. The van der Waals surface area contributed by atoms with E-state index < -0.39 is 32.8 Å². The van der Waals surface area contributed by atoms with Gasteiger partial charge in [0.2, 0.25) is 0 Å². The quantitative estimate of drug-likeness (QED) is 0.148. The molecule has 6 nitrogen and oxygen atoms in total. The summed E-state index contributed by atoms with van der Waals surface area (Å²) >= 11 is 0. The van der Waals surface area contributed by atoms with Crippen molar-refractivity contribution in [3.05, 3.63) is 137 Å². The lowest BCUT2D eigenvalue weighted by atomic mass is 9.75. The van der Waals surface area contributed by atoms with E-state index in [9.17, 15) is 9.00 Å². The highest BCUT2D eigenvalue weighted by atomic mass is 32.2. The van der Waals surface area contributed by atoms with Crippen LogP contribution in [0.3, 0.4) is 0 Å². The second-order valence-corrected chi connectivity index (χ2v) is 14.7. The zero-order chi connectivity index (χ0) is 32.4. The monoisotopic (exact) mass is 622 g/mol. The molecule has 0 saturated heterocycles. The minimum absolute atomic E-state index is 0.148. The smallest absolute Gasteiger partial charge is 0.308 e. The molecule has 5 rings (SSSR count). The van der Waals surface area contributed by atoms with E-state index in [-0.39, 0.29) is 24.9 Å². The van der Waals surface area contributed by atoms with Crippen molar-refractivity contribution in [2.45, 2.75) is 69.7 Å². The number of hydrogen-bond donors (Lipinski definition) is 1. The van der Waals surface area contributed by atoms with Crippen molar-refractivity contribution in [1.29, 1.82) is 0 Å². The molecule has 2 atom stereocenters. The van der Waals surface area contributed by atoms with E-state index in [0.717, 1.165) is 22.3 Å². The maximum Gasteiger partial charge on any atom is 0.308 e. The molecule has 1 aliphatic heterocycles. The number of carbonyl (C=O) groups excluding carboxylic acids is 2. The largest absolute Gasteiger partial charge is 0.466 e. The molecular formula is C38H42N2O4S. The number of ether oxygens (including phenoxy) is 1. The minimum atomic E-state index is -1.71. The van der Waals surface area contributed by atoms with Gasteiger partial charge in [-0.1, -0.05) is 117 Å². The first-order valence-corrected chi connectivity index (χ1v) is 16.6. The Hall–Kier alpha value is -4.07. The fourth-order valence-corrected chi connectivity index (χ4v) is 7.06. The van der Waals surface area contributed by atoms with Gasteiger partial charge in [-0.25, -0.2) is 8.93 Å². The Kier molecular flexibility index (Phi) is 9.15. The van der Waals surface area contributed by atoms with Crippen LogP contribution in [0.15, 0.2) is 109 Å². The van der Waals surface area contributed by atoms with Crippen molar-refractivity contribution >= 4 is 28.5 Å². The van der Waals surface area contributed by atoms with Crippen LogP contribution in [-0.2, 0) is 36.4 Å². The molecule has 45 heavy (non-hydrogen) atoms. The van der Waals surface area contributed by atoms with Gasteiger partial charge in [0, 0.05) is 5.56 Å². The van der Waals surface area contributed by atoms with Crippen LogP contribution >= 0.6 is 0 Å². The maximum absolute atomic E-state index is 15.7. The molecule has 0 bridgehead atoms. The number of carbonyl (C=O) groups is 2. The molecule has 1 aliphatic rings. The lowest BCUT2D eigenvalue weighted by Crippen LogP contribution is -2.59. The van der Waals surface area contributed by atoms with Crippen molar-refractivity contribution < 1.29 is 18.5 Å². The van der Waals surface area contributed by atoms with Crippen molar-refractivity contribution in [3.63, 3.8) is 0 Å². The Bertz CT molecular complexity index is 1590. The van der Waals surface area contributed by atoms with Gasteiger partial charge in [-0.05, 0) is 61.9 Å². The van der Waals surface area contributed by atoms with Crippen LogP contribution in [0.2, 0.25) is 0 Å². The average Bonchev–Trinajstić information content (AvgIpc) is 3.25. The van der Waals surface area contributed by atoms with Crippen molar-refractivity contribution in [2.75, 3.05) is 11.5 Å². The van der Waals surface area contributed by atoms with Gasteiger partial charge in [-0.15, -0.1) is 0 Å². The van der Waals surface area contributed by atoms with Crippen LogP contribution in [0, 0.1) is 0 Å².